The summed E-state index contributed by atoms with van der Waals surface area (Å²) in [4.78, 5) is 0. The maximum atomic E-state index is 4.49. The van der Waals surface area contributed by atoms with Crippen LogP contribution in [-0.4, -0.2) is 15.8 Å². The fraction of sp³-hybridized carbons (Fsp3) is 0.786. The lowest BCUT2D eigenvalue weighted by Crippen LogP contribution is -2.20. The van der Waals surface area contributed by atoms with Crippen molar-refractivity contribution in [2.24, 2.45) is 7.05 Å². The number of aryl methyl sites for hydroxylation is 2. The number of hydrogen-bond donors (Lipinski definition) is 1. The van der Waals surface area contributed by atoms with Crippen LogP contribution in [0.15, 0.2) is 6.20 Å². The second kappa shape index (κ2) is 6.08. The molecule has 1 fully saturated rings. The normalized spacial score (nSPS) is 18.7. The Morgan fingerprint density at radius 3 is 2.53 bits per heavy atom. The van der Waals surface area contributed by atoms with Crippen molar-refractivity contribution < 1.29 is 0 Å². The Hall–Kier alpha value is -0.990. The Morgan fingerprint density at radius 1 is 1.24 bits per heavy atom. The van der Waals surface area contributed by atoms with E-state index in [1.54, 1.807) is 0 Å². The van der Waals surface area contributed by atoms with Gasteiger partial charge in [0.1, 0.15) is 0 Å². The molecule has 0 bridgehead atoms. The van der Waals surface area contributed by atoms with Gasteiger partial charge < -0.3 is 5.32 Å². The molecule has 0 spiro atoms. The first-order chi connectivity index (χ1) is 8.29. The van der Waals surface area contributed by atoms with Crippen molar-refractivity contribution >= 4 is 5.69 Å². The highest BCUT2D eigenvalue weighted by molar-refractivity contribution is 5.47. The molecule has 1 N–H and O–H groups in total. The Labute approximate surface area is 105 Å². The average Bonchev–Trinajstić information content (AvgIpc) is 2.62. The lowest BCUT2D eigenvalue weighted by Gasteiger charge is -2.21. The van der Waals surface area contributed by atoms with Crippen LogP contribution in [0, 0.1) is 0 Å². The molecule has 1 aromatic rings. The first-order valence-electron chi connectivity index (χ1n) is 7.08. The van der Waals surface area contributed by atoms with Crippen LogP contribution in [0.5, 0.6) is 0 Å². The van der Waals surface area contributed by atoms with Crippen LogP contribution in [0.25, 0.3) is 0 Å². The fourth-order valence-corrected chi connectivity index (χ4v) is 2.74. The second-order valence-electron chi connectivity index (χ2n) is 5.20. The highest BCUT2D eigenvalue weighted by Crippen LogP contribution is 2.22. The fourth-order valence-electron chi connectivity index (χ4n) is 2.74. The number of hydrogen-bond acceptors (Lipinski definition) is 2. The molecule has 1 heterocycles. The minimum atomic E-state index is 0.657. The topological polar surface area (TPSA) is 29.9 Å². The van der Waals surface area contributed by atoms with Gasteiger partial charge in [0.15, 0.2) is 0 Å². The standard InChI is InChI=1S/C14H25N3/c1-3-13-14(11-17(2)16-13)15-12-9-7-5-4-6-8-10-12/h11-12,15H,3-10H2,1-2H3. The van der Waals surface area contributed by atoms with Gasteiger partial charge in [0, 0.05) is 19.3 Å². The lowest BCUT2D eigenvalue weighted by molar-refractivity contribution is 0.471. The zero-order valence-corrected chi connectivity index (χ0v) is 11.2. The van der Waals surface area contributed by atoms with Crippen molar-refractivity contribution in [1.82, 2.24) is 9.78 Å². The van der Waals surface area contributed by atoms with Gasteiger partial charge in [-0.2, -0.15) is 5.10 Å². The van der Waals surface area contributed by atoms with E-state index in [0.717, 1.165) is 6.42 Å². The molecule has 0 aliphatic heterocycles. The number of rotatable bonds is 3. The summed E-state index contributed by atoms with van der Waals surface area (Å²) < 4.78 is 1.92. The summed E-state index contributed by atoms with van der Waals surface area (Å²) in [5.41, 5.74) is 2.45. The van der Waals surface area contributed by atoms with Crippen LogP contribution >= 0.6 is 0 Å². The molecule has 0 radical (unpaired) electrons. The molecule has 1 aliphatic rings. The van der Waals surface area contributed by atoms with E-state index in [-0.39, 0.29) is 0 Å². The van der Waals surface area contributed by atoms with Crippen molar-refractivity contribution in [2.75, 3.05) is 5.32 Å². The molecule has 0 unspecified atom stereocenters. The predicted molar refractivity (Wildman–Crippen MR) is 72.3 cm³/mol. The van der Waals surface area contributed by atoms with E-state index in [1.807, 2.05) is 11.7 Å². The van der Waals surface area contributed by atoms with Crippen molar-refractivity contribution in [3.63, 3.8) is 0 Å². The van der Waals surface area contributed by atoms with Crippen molar-refractivity contribution in [3.8, 4) is 0 Å². The zero-order chi connectivity index (χ0) is 12.1. The minimum Gasteiger partial charge on any atom is -0.380 e. The molecule has 3 heteroatoms. The quantitative estimate of drug-likeness (QED) is 0.869. The largest absolute Gasteiger partial charge is 0.380 e. The van der Waals surface area contributed by atoms with Gasteiger partial charge in [-0.15, -0.1) is 0 Å². The molecule has 2 rings (SSSR count). The van der Waals surface area contributed by atoms with E-state index < -0.39 is 0 Å². The van der Waals surface area contributed by atoms with Gasteiger partial charge >= 0.3 is 0 Å². The van der Waals surface area contributed by atoms with Crippen LogP contribution in [0.3, 0.4) is 0 Å². The third kappa shape index (κ3) is 3.48. The van der Waals surface area contributed by atoms with E-state index in [0.29, 0.717) is 6.04 Å². The summed E-state index contributed by atoms with van der Waals surface area (Å²) in [6.07, 6.45) is 12.8. The Balaban J connectivity index is 1.97. The van der Waals surface area contributed by atoms with Crippen molar-refractivity contribution in [3.05, 3.63) is 11.9 Å². The van der Waals surface area contributed by atoms with E-state index in [2.05, 4.69) is 23.5 Å². The van der Waals surface area contributed by atoms with E-state index in [9.17, 15) is 0 Å². The van der Waals surface area contributed by atoms with Crippen molar-refractivity contribution in [1.29, 1.82) is 0 Å². The third-order valence-corrected chi connectivity index (χ3v) is 3.70. The van der Waals surface area contributed by atoms with Gasteiger partial charge in [-0.3, -0.25) is 4.68 Å². The minimum absolute atomic E-state index is 0.657. The maximum absolute atomic E-state index is 4.49. The van der Waals surface area contributed by atoms with Gasteiger partial charge in [0.05, 0.1) is 11.4 Å². The smallest absolute Gasteiger partial charge is 0.0853 e. The molecule has 1 aromatic heterocycles. The molecule has 0 atom stereocenters. The molecule has 0 amide bonds. The molecule has 3 nitrogen and oxygen atoms in total. The lowest BCUT2D eigenvalue weighted by atomic mass is 9.96. The molecule has 96 valence electrons. The van der Waals surface area contributed by atoms with Crippen LogP contribution in [0.2, 0.25) is 0 Å². The van der Waals surface area contributed by atoms with Crippen LogP contribution in [-0.2, 0) is 13.5 Å². The molecule has 0 saturated heterocycles. The average molecular weight is 235 g/mol. The molecule has 1 aliphatic carbocycles. The number of nitrogens with zero attached hydrogens (tertiary/aromatic N) is 2. The maximum Gasteiger partial charge on any atom is 0.0853 e. The van der Waals surface area contributed by atoms with Gasteiger partial charge in [0.25, 0.3) is 0 Å². The van der Waals surface area contributed by atoms with Crippen LogP contribution in [0.4, 0.5) is 5.69 Å². The number of anilines is 1. The van der Waals surface area contributed by atoms with E-state index >= 15 is 0 Å². The van der Waals surface area contributed by atoms with Crippen LogP contribution in [0.1, 0.15) is 57.6 Å². The Morgan fingerprint density at radius 2 is 1.88 bits per heavy atom. The second-order valence-corrected chi connectivity index (χ2v) is 5.20. The van der Waals surface area contributed by atoms with Gasteiger partial charge in [-0.05, 0) is 19.3 Å². The van der Waals surface area contributed by atoms with E-state index in [4.69, 9.17) is 0 Å². The predicted octanol–water partition coefficient (Wildman–Crippen LogP) is 3.51. The first-order valence-corrected chi connectivity index (χ1v) is 7.08. The summed E-state index contributed by atoms with van der Waals surface area (Å²) in [5.74, 6) is 0. The van der Waals surface area contributed by atoms with Crippen molar-refractivity contribution in [2.45, 2.75) is 64.3 Å². The summed E-state index contributed by atoms with van der Waals surface area (Å²) in [5, 5.41) is 8.20. The third-order valence-electron chi connectivity index (χ3n) is 3.70. The zero-order valence-electron chi connectivity index (χ0n) is 11.2. The number of aromatic nitrogens is 2. The number of nitrogens with one attached hydrogen (secondary N) is 1. The summed E-state index contributed by atoms with van der Waals surface area (Å²) in [7, 11) is 2.00. The van der Waals surface area contributed by atoms with Gasteiger partial charge in [-0.1, -0.05) is 39.0 Å². The van der Waals surface area contributed by atoms with Gasteiger partial charge in [-0.25, -0.2) is 0 Å². The highest BCUT2D eigenvalue weighted by atomic mass is 15.3. The Bertz CT molecular complexity index is 335. The van der Waals surface area contributed by atoms with E-state index in [1.165, 1.54) is 56.3 Å². The first kappa shape index (κ1) is 12.5. The molecule has 0 aromatic carbocycles. The highest BCUT2D eigenvalue weighted by Gasteiger charge is 2.14. The summed E-state index contributed by atoms with van der Waals surface area (Å²) in [6.45, 7) is 2.17. The molecule has 1 saturated carbocycles. The molecular formula is C14H25N3. The van der Waals surface area contributed by atoms with Gasteiger partial charge in [0.2, 0.25) is 0 Å². The van der Waals surface area contributed by atoms with Crippen LogP contribution < -0.4 is 5.32 Å². The summed E-state index contributed by atoms with van der Waals surface area (Å²) >= 11 is 0. The summed E-state index contributed by atoms with van der Waals surface area (Å²) in [6, 6.07) is 0.657. The monoisotopic (exact) mass is 235 g/mol. The molecule has 17 heavy (non-hydrogen) atoms. The Kier molecular flexibility index (Phi) is 4.46. The SMILES string of the molecule is CCc1nn(C)cc1NC1CCCCCCC1. The molecular weight excluding hydrogens is 210 g/mol.